The number of aromatic nitrogens is 1. The summed E-state index contributed by atoms with van der Waals surface area (Å²) in [5.74, 6) is -0.453. The minimum atomic E-state index is -4.30. The second-order valence-corrected chi connectivity index (χ2v) is 8.48. The molecule has 1 fully saturated rings. The summed E-state index contributed by atoms with van der Waals surface area (Å²) >= 11 is 6.36. The van der Waals surface area contributed by atoms with Gasteiger partial charge in [-0.3, -0.25) is 9.80 Å². The Kier molecular flexibility index (Phi) is 6.56. The van der Waals surface area contributed by atoms with Crippen LogP contribution in [0.5, 0.6) is 5.75 Å². The Bertz CT molecular complexity index is 1150. The minimum absolute atomic E-state index is 0.127. The van der Waals surface area contributed by atoms with E-state index in [1.54, 1.807) is 31.5 Å². The zero-order valence-corrected chi connectivity index (χ0v) is 18.6. The molecule has 0 bridgehead atoms. The van der Waals surface area contributed by atoms with Crippen molar-refractivity contribution < 1.29 is 27.8 Å². The van der Waals surface area contributed by atoms with Crippen LogP contribution in [0.15, 0.2) is 42.6 Å². The summed E-state index contributed by atoms with van der Waals surface area (Å²) in [6, 6.07) is 9.56. The monoisotopic (exact) mass is 481 g/mol. The molecule has 10 heteroatoms. The van der Waals surface area contributed by atoms with Crippen molar-refractivity contribution in [2.75, 3.05) is 33.3 Å². The van der Waals surface area contributed by atoms with Crippen LogP contribution in [-0.2, 0) is 6.54 Å². The summed E-state index contributed by atoms with van der Waals surface area (Å²) in [4.78, 5) is 17.8. The molecule has 33 heavy (non-hydrogen) atoms. The van der Waals surface area contributed by atoms with Gasteiger partial charge in [0.1, 0.15) is 5.75 Å². The number of alkyl halides is 3. The number of halogens is 4. The fourth-order valence-electron chi connectivity index (χ4n) is 4.40. The quantitative estimate of drug-likeness (QED) is 0.521. The third-order valence-corrected chi connectivity index (χ3v) is 6.27. The van der Waals surface area contributed by atoms with Gasteiger partial charge in [0.05, 0.1) is 29.8 Å². The van der Waals surface area contributed by atoms with Gasteiger partial charge < -0.3 is 14.8 Å². The van der Waals surface area contributed by atoms with Crippen molar-refractivity contribution in [3.63, 3.8) is 0 Å². The van der Waals surface area contributed by atoms with Gasteiger partial charge in [-0.15, -0.1) is 0 Å². The molecule has 0 aliphatic carbocycles. The van der Waals surface area contributed by atoms with E-state index in [0.29, 0.717) is 23.9 Å². The molecule has 2 heterocycles. The Labute approximate surface area is 193 Å². The van der Waals surface area contributed by atoms with Gasteiger partial charge in [0.2, 0.25) is 0 Å². The van der Waals surface area contributed by atoms with E-state index >= 15 is 0 Å². The molecule has 1 saturated heterocycles. The molecule has 0 radical (unpaired) electrons. The molecular weight excluding hydrogens is 459 g/mol. The minimum Gasteiger partial charge on any atom is -0.496 e. The molecule has 0 amide bonds. The van der Waals surface area contributed by atoms with Crippen molar-refractivity contribution in [3.05, 3.63) is 64.3 Å². The molecular formula is C23H23ClF3N3O3. The van der Waals surface area contributed by atoms with E-state index in [4.69, 9.17) is 16.3 Å². The molecule has 176 valence electrons. The highest BCUT2D eigenvalue weighted by atomic mass is 35.5. The average Bonchev–Trinajstić information content (AvgIpc) is 3.26. The number of ether oxygens (including phenoxy) is 1. The van der Waals surface area contributed by atoms with Crippen LogP contribution in [0.2, 0.25) is 5.02 Å². The van der Waals surface area contributed by atoms with Gasteiger partial charge in [-0.05, 0) is 23.8 Å². The van der Waals surface area contributed by atoms with Gasteiger partial charge in [0.25, 0.3) is 0 Å². The highest BCUT2D eigenvalue weighted by Gasteiger charge is 2.36. The molecule has 3 aromatic rings. The van der Waals surface area contributed by atoms with Crippen molar-refractivity contribution in [1.29, 1.82) is 0 Å². The maximum absolute atomic E-state index is 13.1. The van der Waals surface area contributed by atoms with Crippen LogP contribution in [0.4, 0.5) is 13.2 Å². The molecule has 1 aromatic heterocycles. The number of benzene rings is 2. The summed E-state index contributed by atoms with van der Waals surface area (Å²) in [5.41, 5.74) is 2.53. The third-order valence-electron chi connectivity index (χ3n) is 5.97. The lowest BCUT2D eigenvalue weighted by Gasteiger charge is -2.42. The molecule has 2 N–H and O–H groups in total. The number of carbonyl (C=O) groups is 1. The van der Waals surface area contributed by atoms with Crippen LogP contribution in [0, 0.1) is 0 Å². The van der Waals surface area contributed by atoms with E-state index in [1.807, 2.05) is 6.07 Å². The Morgan fingerprint density at radius 2 is 1.97 bits per heavy atom. The number of nitrogens with zero attached hydrogens (tertiary/aromatic N) is 2. The number of rotatable bonds is 6. The summed E-state index contributed by atoms with van der Waals surface area (Å²) < 4.78 is 44.8. The van der Waals surface area contributed by atoms with E-state index in [2.05, 4.69) is 9.88 Å². The molecule has 1 unspecified atom stereocenters. The Morgan fingerprint density at radius 3 is 2.61 bits per heavy atom. The van der Waals surface area contributed by atoms with Crippen LogP contribution >= 0.6 is 11.6 Å². The van der Waals surface area contributed by atoms with Crippen molar-refractivity contribution >= 4 is 28.5 Å². The number of aromatic amines is 1. The first kappa shape index (κ1) is 23.4. The maximum atomic E-state index is 13.1. The van der Waals surface area contributed by atoms with Crippen LogP contribution < -0.4 is 4.74 Å². The largest absolute Gasteiger partial charge is 0.496 e. The number of hydrogen-bond acceptors (Lipinski definition) is 4. The number of aromatic carboxylic acids is 1. The SMILES string of the molecule is COc1cc(Cl)c2[nH]ccc2c1CN1CCN(CC(F)(F)F)CC1c1ccc(C(=O)O)cc1. The second-order valence-electron chi connectivity index (χ2n) is 8.07. The summed E-state index contributed by atoms with van der Waals surface area (Å²) in [6.45, 7) is 0.267. The fourth-order valence-corrected chi connectivity index (χ4v) is 4.66. The molecule has 0 spiro atoms. The highest BCUT2D eigenvalue weighted by Crippen LogP contribution is 2.37. The standard InChI is InChI=1S/C23H23ClF3N3O3/c1-33-20-10-18(24)21-16(6-7-28-21)17(20)11-30-9-8-29(13-23(25,26)27)12-19(30)14-2-4-15(5-3-14)22(31)32/h2-7,10,19,28H,8-9,11-13H2,1H3,(H,31,32). The molecule has 1 aliphatic heterocycles. The zero-order chi connectivity index (χ0) is 23.8. The molecule has 2 aromatic carbocycles. The van der Waals surface area contributed by atoms with Crippen LogP contribution in [0.1, 0.15) is 27.5 Å². The molecule has 1 aliphatic rings. The Morgan fingerprint density at radius 1 is 1.24 bits per heavy atom. The molecule has 0 saturated carbocycles. The highest BCUT2D eigenvalue weighted by molar-refractivity contribution is 6.35. The number of carboxylic acid groups (broad SMARTS) is 1. The summed E-state index contributed by atoms with van der Waals surface area (Å²) in [6.07, 6.45) is -2.51. The molecule has 6 nitrogen and oxygen atoms in total. The smallest absolute Gasteiger partial charge is 0.401 e. The number of carboxylic acids is 1. The first-order valence-electron chi connectivity index (χ1n) is 10.3. The van der Waals surface area contributed by atoms with E-state index in [0.717, 1.165) is 22.0 Å². The summed E-state index contributed by atoms with van der Waals surface area (Å²) in [5, 5.41) is 10.6. The average molecular weight is 482 g/mol. The van der Waals surface area contributed by atoms with Crippen molar-refractivity contribution in [3.8, 4) is 5.75 Å². The number of fused-ring (bicyclic) bond motifs is 1. The van der Waals surface area contributed by atoms with Gasteiger partial charge in [0, 0.05) is 55.4 Å². The van der Waals surface area contributed by atoms with Gasteiger partial charge in [-0.25, -0.2) is 4.79 Å². The summed E-state index contributed by atoms with van der Waals surface area (Å²) in [7, 11) is 1.55. The molecule has 1 atom stereocenters. The van der Waals surface area contributed by atoms with E-state index in [1.165, 1.54) is 17.0 Å². The number of hydrogen-bond donors (Lipinski definition) is 2. The van der Waals surface area contributed by atoms with Crippen molar-refractivity contribution in [2.24, 2.45) is 0 Å². The fraction of sp³-hybridized carbons (Fsp3) is 0.348. The normalized spacial score (nSPS) is 18.0. The third kappa shape index (κ3) is 5.10. The maximum Gasteiger partial charge on any atom is 0.401 e. The van der Waals surface area contributed by atoms with Crippen molar-refractivity contribution in [1.82, 2.24) is 14.8 Å². The Balaban J connectivity index is 1.68. The van der Waals surface area contributed by atoms with Crippen LogP contribution in [0.25, 0.3) is 10.9 Å². The lowest BCUT2D eigenvalue weighted by Crippen LogP contribution is -2.50. The van der Waals surface area contributed by atoms with Gasteiger partial charge in [-0.1, -0.05) is 23.7 Å². The van der Waals surface area contributed by atoms with Gasteiger partial charge >= 0.3 is 12.1 Å². The predicted octanol–water partition coefficient (Wildman–Crippen LogP) is 4.95. The number of H-pyrrole nitrogens is 1. The van der Waals surface area contributed by atoms with Crippen LogP contribution in [0.3, 0.4) is 0 Å². The Hall–Kier alpha value is -2.75. The van der Waals surface area contributed by atoms with E-state index < -0.39 is 18.7 Å². The van der Waals surface area contributed by atoms with Crippen LogP contribution in [-0.4, -0.2) is 65.3 Å². The second kappa shape index (κ2) is 9.24. The van der Waals surface area contributed by atoms with E-state index in [-0.39, 0.29) is 24.7 Å². The van der Waals surface area contributed by atoms with E-state index in [9.17, 15) is 23.1 Å². The number of nitrogens with one attached hydrogen (secondary N) is 1. The number of piperazine rings is 1. The van der Waals surface area contributed by atoms with Crippen molar-refractivity contribution in [2.45, 2.75) is 18.8 Å². The topological polar surface area (TPSA) is 68.8 Å². The van der Waals surface area contributed by atoms with Gasteiger partial charge in [-0.2, -0.15) is 13.2 Å². The number of methoxy groups -OCH3 is 1. The lowest BCUT2D eigenvalue weighted by molar-refractivity contribution is -0.152. The van der Waals surface area contributed by atoms with Gasteiger partial charge in [0.15, 0.2) is 0 Å². The first-order chi connectivity index (χ1) is 15.7. The zero-order valence-electron chi connectivity index (χ0n) is 17.8. The first-order valence-corrected chi connectivity index (χ1v) is 10.7. The molecule has 4 rings (SSSR count). The predicted molar refractivity (Wildman–Crippen MR) is 119 cm³/mol. The lowest BCUT2D eigenvalue weighted by atomic mass is 9.99.